The minimum atomic E-state index is 0.145. The van der Waals surface area contributed by atoms with Gasteiger partial charge in [0, 0.05) is 18.0 Å². The van der Waals surface area contributed by atoms with Crippen LogP contribution in [0.3, 0.4) is 0 Å². The quantitative estimate of drug-likeness (QED) is 0.898. The van der Waals surface area contributed by atoms with Crippen molar-refractivity contribution in [3.63, 3.8) is 0 Å². The van der Waals surface area contributed by atoms with Crippen LogP contribution in [0.15, 0.2) is 30.3 Å². The summed E-state index contributed by atoms with van der Waals surface area (Å²) in [4.78, 5) is 6.87. The second-order valence-corrected chi connectivity index (χ2v) is 4.83. The van der Waals surface area contributed by atoms with Crippen LogP contribution in [-0.4, -0.2) is 29.3 Å². The molecular weight excluding hydrogens is 224 g/mol. The molecule has 3 nitrogen and oxygen atoms in total. The summed E-state index contributed by atoms with van der Waals surface area (Å²) in [5.74, 6) is 0.970. The Hall–Kier alpha value is -1.61. The smallest absolute Gasteiger partial charge is 0.132 e. The first kappa shape index (κ1) is 12.8. The Morgan fingerprint density at radius 2 is 2.00 bits per heavy atom. The number of aromatic nitrogens is 1. The van der Waals surface area contributed by atoms with E-state index < -0.39 is 0 Å². The van der Waals surface area contributed by atoms with Crippen LogP contribution in [0.2, 0.25) is 0 Å². The average molecular weight is 244 g/mol. The highest BCUT2D eigenvalue weighted by Gasteiger charge is 2.14. The lowest BCUT2D eigenvalue weighted by atomic mass is 10.1. The molecule has 2 aromatic rings. The highest BCUT2D eigenvalue weighted by atomic mass is 16.3. The zero-order valence-electron chi connectivity index (χ0n) is 11.2. The van der Waals surface area contributed by atoms with E-state index in [0.29, 0.717) is 12.6 Å². The van der Waals surface area contributed by atoms with E-state index in [1.54, 1.807) is 0 Å². The molecule has 2 rings (SSSR count). The molecule has 3 heteroatoms. The molecule has 0 fully saturated rings. The van der Waals surface area contributed by atoms with Crippen LogP contribution in [0.25, 0.3) is 10.9 Å². The molecule has 0 amide bonds. The highest BCUT2D eigenvalue weighted by Crippen LogP contribution is 2.24. The van der Waals surface area contributed by atoms with Gasteiger partial charge in [-0.25, -0.2) is 4.98 Å². The molecule has 0 saturated heterocycles. The lowest BCUT2D eigenvalue weighted by Gasteiger charge is -2.28. The van der Waals surface area contributed by atoms with E-state index >= 15 is 0 Å². The van der Waals surface area contributed by atoms with Crippen molar-refractivity contribution in [2.75, 3.05) is 18.1 Å². The molecule has 0 unspecified atom stereocenters. The van der Waals surface area contributed by atoms with Crippen LogP contribution in [-0.2, 0) is 0 Å². The molecule has 0 aliphatic heterocycles. The number of para-hydroxylation sites is 1. The molecule has 96 valence electrons. The minimum Gasteiger partial charge on any atom is -0.395 e. The molecule has 0 aliphatic carbocycles. The van der Waals surface area contributed by atoms with Gasteiger partial charge >= 0.3 is 0 Å². The van der Waals surface area contributed by atoms with Gasteiger partial charge in [-0.2, -0.15) is 0 Å². The molecule has 1 heterocycles. The number of hydrogen-bond acceptors (Lipinski definition) is 3. The van der Waals surface area contributed by atoms with E-state index in [4.69, 9.17) is 4.98 Å². The van der Waals surface area contributed by atoms with Crippen LogP contribution in [0.4, 0.5) is 5.82 Å². The van der Waals surface area contributed by atoms with Gasteiger partial charge < -0.3 is 10.0 Å². The van der Waals surface area contributed by atoms with Gasteiger partial charge in [0.05, 0.1) is 12.1 Å². The van der Waals surface area contributed by atoms with Crippen molar-refractivity contribution in [3.05, 3.63) is 35.9 Å². The second kappa shape index (κ2) is 5.36. The number of pyridine rings is 1. The second-order valence-electron chi connectivity index (χ2n) is 4.83. The number of fused-ring (bicyclic) bond motifs is 1. The van der Waals surface area contributed by atoms with E-state index in [0.717, 1.165) is 22.3 Å². The predicted molar refractivity (Wildman–Crippen MR) is 76.0 cm³/mol. The Morgan fingerprint density at radius 3 is 2.67 bits per heavy atom. The van der Waals surface area contributed by atoms with Gasteiger partial charge in [0.1, 0.15) is 5.82 Å². The number of hydrogen-bond donors (Lipinski definition) is 1. The van der Waals surface area contributed by atoms with Gasteiger partial charge in [-0.15, -0.1) is 0 Å². The Bertz CT molecular complexity index is 537. The summed E-state index contributed by atoms with van der Waals surface area (Å²) in [7, 11) is 0. The third-order valence-corrected chi connectivity index (χ3v) is 3.12. The van der Waals surface area contributed by atoms with Gasteiger partial charge in [-0.05, 0) is 38.5 Å². The number of aliphatic hydroxyl groups is 1. The summed E-state index contributed by atoms with van der Waals surface area (Å²) in [6.07, 6.45) is 0. The molecule has 0 bridgehead atoms. The maximum Gasteiger partial charge on any atom is 0.132 e. The predicted octanol–water partition coefficient (Wildman–Crippen LogP) is 2.75. The number of anilines is 1. The first-order valence-electron chi connectivity index (χ1n) is 6.37. The van der Waals surface area contributed by atoms with E-state index in [-0.39, 0.29) is 6.61 Å². The molecule has 0 radical (unpaired) electrons. The maximum atomic E-state index is 9.18. The fourth-order valence-electron chi connectivity index (χ4n) is 2.22. The van der Waals surface area contributed by atoms with Gasteiger partial charge in [0.25, 0.3) is 0 Å². The van der Waals surface area contributed by atoms with E-state index in [9.17, 15) is 5.11 Å². The Morgan fingerprint density at radius 1 is 1.28 bits per heavy atom. The summed E-state index contributed by atoms with van der Waals surface area (Å²) in [6.45, 7) is 7.06. The minimum absolute atomic E-state index is 0.145. The summed E-state index contributed by atoms with van der Waals surface area (Å²) < 4.78 is 0. The van der Waals surface area contributed by atoms with Crippen molar-refractivity contribution in [2.24, 2.45) is 0 Å². The van der Waals surface area contributed by atoms with Crippen LogP contribution in [0.5, 0.6) is 0 Å². The van der Waals surface area contributed by atoms with Crippen molar-refractivity contribution >= 4 is 16.7 Å². The van der Waals surface area contributed by atoms with Crippen molar-refractivity contribution in [1.29, 1.82) is 0 Å². The highest BCUT2D eigenvalue weighted by molar-refractivity contribution is 5.81. The van der Waals surface area contributed by atoms with Crippen molar-refractivity contribution in [3.8, 4) is 0 Å². The lowest BCUT2D eigenvalue weighted by molar-refractivity contribution is 0.298. The molecule has 18 heavy (non-hydrogen) atoms. The standard InChI is InChI=1S/C15H20N2O/c1-11(2)17(8-9-18)15-12(3)10-13-6-4-5-7-14(13)16-15/h4-7,10-11,18H,8-9H2,1-3H3. The van der Waals surface area contributed by atoms with Crippen LogP contribution >= 0.6 is 0 Å². The fourth-order valence-corrected chi connectivity index (χ4v) is 2.22. The first-order chi connectivity index (χ1) is 8.63. The summed E-state index contributed by atoms with van der Waals surface area (Å²) in [5.41, 5.74) is 2.15. The molecule has 1 aromatic heterocycles. The molecule has 1 N–H and O–H groups in total. The lowest BCUT2D eigenvalue weighted by Crippen LogP contribution is -2.34. The monoisotopic (exact) mass is 244 g/mol. The van der Waals surface area contributed by atoms with Crippen molar-refractivity contribution in [1.82, 2.24) is 4.98 Å². The molecule has 0 aliphatic rings. The normalized spacial score (nSPS) is 11.2. The summed E-state index contributed by atoms with van der Waals surface area (Å²) in [5, 5.41) is 10.3. The third kappa shape index (κ3) is 2.46. The first-order valence-corrected chi connectivity index (χ1v) is 6.37. The van der Waals surface area contributed by atoms with Gasteiger partial charge in [-0.1, -0.05) is 18.2 Å². The fraction of sp³-hybridized carbons (Fsp3) is 0.400. The van der Waals surface area contributed by atoms with Crippen LogP contribution in [0.1, 0.15) is 19.4 Å². The zero-order chi connectivity index (χ0) is 13.1. The average Bonchev–Trinajstić information content (AvgIpc) is 2.35. The van der Waals surface area contributed by atoms with Crippen molar-refractivity contribution in [2.45, 2.75) is 26.8 Å². The van der Waals surface area contributed by atoms with Gasteiger partial charge in [-0.3, -0.25) is 0 Å². The number of nitrogens with zero attached hydrogens (tertiary/aromatic N) is 2. The summed E-state index contributed by atoms with van der Waals surface area (Å²) >= 11 is 0. The molecule has 0 atom stereocenters. The van der Waals surface area contributed by atoms with Crippen molar-refractivity contribution < 1.29 is 5.11 Å². The van der Waals surface area contributed by atoms with Gasteiger partial charge in [0.2, 0.25) is 0 Å². The molecule has 0 saturated carbocycles. The number of rotatable bonds is 4. The Kier molecular flexibility index (Phi) is 3.82. The summed E-state index contributed by atoms with van der Waals surface area (Å²) in [6, 6.07) is 10.6. The van der Waals surface area contributed by atoms with Crippen LogP contribution < -0.4 is 4.90 Å². The Labute approximate surface area is 108 Å². The number of aliphatic hydroxyl groups excluding tert-OH is 1. The van der Waals surface area contributed by atoms with Crippen LogP contribution in [0, 0.1) is 6.92 Å². The van der Waals surface area contributed by atoms with E-state index in [1.807, 2.05) is 18.2 Å². The number of aryl methyl sites for hydroxylation is 1. The molecule has 1 aromatic carbocycles. The van der Waals surface area contributed by atoms with E-state index in [2.05, 4.69) is 37.8 Å². The third-order valence-electron chi connectivity index (χ3n) is 3.12. The number of benzene rings is 1. The van der Waals surface area contributed by atoms with E-state index in [1.165, 1.54) is 0 Å². The molecule has 0 spiro atoms. The molecular formula is C15H20N2O. The maximum absolute atomic E-state index is 9.18. The zero-order valence-corrected chi connectivity index (χ0v) is 11.2. The Balaban J connectivity index is 2.51. The largest absolute Gasteiger partial charge is 0.395 e. The SMILES string of the molecule is Cc1cc2ccccc2nc1N(CCO)C(C)C. The topological polar surface area (TPSA) is 36.4 Å². The van der Waals surface area contributed by atoms with Gasteiger partial charge in [0.15, 0.2) is 0 Å².